The molecule has 2 bridgehead atoms. The first-order valence-corrected chi connectivity index (χ1v) is 13.9. The zero-order valence-electron chi connectivity index (χ0n) is 12.2. The maximum atomic E-state index is 2.47. The van der Waals surface area contributed by atoms with Crippen LogP contribution in [-0.4, -0.2) is 56.0 Å². The van der Waals surface area contributed by atoms with Crippen LogP contribution in [0.5, 0.6) is 0 Å². The van der Waals surface area contributed by atoms with Crippen LogP contribution in [-0.2, 0) is 0 Å². The number of hydrogen-bond donors (Lipinski definition) is 0. The fourth-order valence-electron chi connectivity index (χ4n) is 3.10. The molecular formula is C15H31P3. The van der Waals surface area contributed by atoms with Gasteiger partial charge in [-0.05, 0) is 68.8 Å². The minimum absolute atomic E-state index is 0.448. The second-order valence-electron chi connectivity index (χ2n) is 6.11. The molecule has 0 aliphatic carbocycles. The van der Waals surface area contributed by atoms with Crippen molar-refractivity contribution in [3.63, 3.8) is 0 Å². The lowest BCUT2D eigenvalue weighted by Gasteiger charge is -2.36. The molecule has 106 valence electrons. The number of rotatable bonds is 0. The summed E-state index contributed by atoms with van der Waals surface area (Å²) in [5.74, 6) is 0. The Labute approximate surface area is 118 Å². The highest BCUT2D eigenvalue weighted by Crippen LogP contribution is 2.57. The number of hydrogen-bond acceptors (Lipinski definition) is 0. The average Bonchev–Trinajstić information content (AvgIpc) is 2.56. The third-order valence-electron chi connectivity index (χ3n) is 4.53. The summed E-state index contributed by atoms with van der Waals surface area (Å²) in [6.07, 6.45) is 22.1. The van der Waals surface area contributed by atoms with Crippen LogP contribution >= 0.6 is 23.8 Å². The Bertz CT molecular complexity index is 179. The van der Waals surface area contributed by atoms with Crippen molar-refractivity contribution in [2.75, 3.05) is 56.0 Å². The van der Waals surface area contributed by atoms with Gasteiger partial charge in [0.15, 0.2) is 0 Å². The minimum atomic E-state index is 0.448. The summed E-state index contributed by atoms with van der Waals surface area (Å²) in [7, 11) is 1.67. The first-order chi connectivity index (χ1) is 8.84. The molecule has 0 amide bonds. The maximum absolute atomic E-state index is 2.47. The second kappa shape index (κ2) is 9.27. The van der Waals surface area contributed by atoms with Gasteiger partial charge in [-0.3, -0.25) is 0 Å². The summed E-state index contributed by atoms with van der Waals surface area (Å²) in [6, 6.07) is 0. The van der Waals surface area contributed by atoms with Crippen LogP contribution in [0.3, 0.4) is 0 Å². The molecule has 4 heterocycles. The molecule has 0 nitrogen and oxygen atoms in total. The van der Waals surface area contributed by atoms with Gasteiger partial charge in [-0.1, -0.05) is 25.7 Å². The van der Waals surface area contributed by atoms with E-state index >= 15 is 0 Å². The van der Waals surface area contributed by atoms with Gasteiger partial charge in [0.05, 0.1) is 0 Å². The van der Waals surface area contributed by atoms with Gasteiger partial charge in [-0.15, -0.1) is 23.8 Å². The highest BCUT2D eigenvalue weighted by Gasteiger charge is 2.25. The Balaban J connectivity index is 0.000000136. The first-order valence-electron chi connectivity index (χ1n) is 7.98. The molecule has 0 aromatic rings. The molecule has 4 rings (SSSR count). The predicted octanol–water partition coefficient (Wildman–Crippen LogP) is 5.43. The first kappa shape index (κ1) is 15.7. The van der Waals surface area contributed by atoms with Crippen LogP contribution in [0.25, 0.3) is 0 Å². The van der Waals surface area contributed by atoms with Gasteiger partial charge in [0.2, 0.25) is 0 Å². The normalized spacial score (nSPS) is 33.8. The van der Waals surface area contributed by atoms with Gasteiger partial charge in [0.25, 0.3) is 0 Å². The lowest BCUT2D eigenvalue weighted by Crippen LogP contribution is -2.19. The van der Waals surface area contributed by atoms with Crippen molar-refractivity contribution in [1.29, 1.82) is 0 Å². The summed E-state index contributed by atoms with van der Waals surface area (Å²) in [4.78, 5) is 0. The molecule has 0 radical (unpaired) electrons. The van der Waals surface area contributed by atoms with E-state index in [0.29, 0.717) is 23.8 Å². The van der Waals surface area contributed by atoms with Crippen molar-refractivity contribution in [1.82, 2.24) is 0 Å². The Morgan fingerprint density at radius 3 is 1.11 bits per heavy atom. The third kappa shape index (κ3) is 6.16. The van der Waals surface area contributed by atoms with E-state index in [-0.39, 0.29) is 0 Å². The van der Waals surface area contributed by atoms with Gasteiger partial charge in [0, 0.05) is 0 Å². The molecule has 4 aliphatic rings. The molecular weight excluding hydrogens is 273 g/mol. The maximum Gasteiger partial charge on any atom is -0.0286 e. The highest BCUT2D eigenvalue weighted by atomic mass is 31.1. The molecule has 4 aliphatic heterocycles. The van der Waals surface area contributed by atoms with E-state index < -0.39 is 0 Å². The monoisotopic (exact) mass is 304 g/mol. The van der Waals surface area contributed by atoms with Gasteiger partial charge >= 0.3 is 0 Å². The molecule has 0 unspecified atom stereocenters. The van der Waals surface area contributed by atoms with Gasteiger partial charge < -0.3 is 0 Å². The molecule has 4 fully saturated rings. The van der Waals surface area contributed by atoms with E-state index in [2.05, 4.69) is 6.66 Å². The van der Waals surface area contributed by atoms with Crippen LogP contribution < -0.4 is 0 Å². The summed E-state index contributed by atoms with van der Waals surface area (Å²) in [5.41, 5.74) is 0. The van der Waals surface area contributed by atoms with Crippen LogP contribution in [0.4, 0.5) is 0 Å². The minimum Gasteiger partial charge on any atom is -0.110 e. The van der Waals surface area contributed by atoms with Crippen LogP contribution in [0.15, 0.2) is 0 Å². The van der Waals surface area contributed by atoms with E-state index in [0.717, 1.165) is 0 Å². The molecule has 0 saturated carbocycles. The van der Waals surface area contributed by atoms with Crippen molar-refractivity contribution in [3.8, 4) is 0 Å². The Morgan fingerprint density at radius 1 is 0.444 bits per heavy atom. The molecule has 18 heavy (non-hydrogen) atoms. The Hall–Kier alpha value is 1.29. The lowest BCUT2D eigenvalue weighted by atomic mass is 10.1. The summed E-state index contributed by atoms with van der Waals surface area (Å²) in [5, 5.41) is 0. The zero-order chi connectivity index (χ0) is 12.6. The Kier molecular flexibility index (Phi) is 8.07. The number of fused-ring (bicyclic) bond motifs is 3. The Morgan fingerprint density at radius 2 is 0.778 bits per heavy atom. The quantitative estimate of drug-likeness (QED) is 0.523. The molecule has 0 aromatic carbocycles. The second-order valence-corrected chi connectivity index (χ2v) is 14.1. The van der Waals surface area contributed by atoms with Gasteiger partial charge in [-0.2, -0.15) is 0 Å². The predicted molar refractivity (Wildman–Crippen MR) is 93.3 cm³/mol. The van der Waals surface area contributed by atoms with Crippen LogP contribution in [0, 0.1) is 0 Å². The smallest absolute Gasteiger partial charge is 0.0286 e. The van der Waals surface area contributed by atoms with E-state index in [1.54, 1.807) is 49.3 Å². The van der Waals surface area contributed by atoms with Crippen molar-refractivity contribution in [3.05, 3.63) is 0 Å². The van der Waals surface area contributed by atoms with E-state index in [4.69, 9.17) is 0 Å². The van der Waals surface area contributed by atoms with Crippen LogP contribution in [0.2, 0.25) is 0 Å². The molecule has 4 saturated heterocycles. The molecule has 0 spiro atoms. The van der Waals surface area contributed by atoms with E-state index in [1.807, 2.05) is 0 Å². The highest BCUT2D eigenvalue weighted by molar-refractivity contribution is 7.69. The zero-order valence-corrected chi connectivity index (χ0v) is 14.9. The largest absolute Gasteiger partial charge is 0.110 e. The summed E-state index contributed by atoms with van der Waals surface area (Å²) < 4.78 is 0. The topological polar surface area (TPSA) is 0 Å². The van der Waals surface area contributed by atoms with E-state index in [9.17, 15) is 0 Å². The van der Waals surface area contributed by atoms with Gasteiger partial charge in [0.1, 0.15) is 0 Å². The molecule has 3 heteroatoms. The standard InChI is InChI=1S/C9H19P.C6H12P2/c1-10-8-6-4-2-3-5-7-9-10;1-2-8-5-3-7(1)4-6-8/h2-9H2,1H3;1-6H2. The molecule has 0 aromatic heterocycles. The molecule has 0 N–H and O–H groups in total. The van der Waals surface area contributed by atoms with Gasteiger partial charge in [-0.25, -0.2) is 0 Å². The summed E-state index contributed by atoms with van der Waals surface area (Å²) in [6.45, 7) is 2.47. The molecule has 0 atom stereocenters. The van der Waals surface area contributed by atoms with Crippen molar-refractivity contribution in [2.45, 2.75) is 38.5 Å². The fourth-order valence-corrected chi connectivity index (χ4v) is 13.0. The third-order valence-corrected chi connectivity index (χ3v) is 12.9. The summed E-state index contributed by atoms with van der Waals surface area (Å²) >= 11 is 0. The SMILES string of the molecule is C1CP2CCP1CC2.CP1CCCCCCCC1. The lowest BCUT2D eigenvalue weighted by molar-refractivity contribution is 0.636. The fraction of sp³-hybridized carbons (Fsp3) is 1.00. The average molecular weight is 304 g/mol. The van der Waals surface area contributed by atoms with Crippen molar-refractivity contribution in [2.24, 2.45) is 0 Å². The van der Waals surface area contributed by atoms with Crippen LogP contribution in [0.1, 0.15) is 38.5 Å². The van der Waals surface area contributed by atoms with E-state index in [1.165, 1.54) is 38.5 Å². The van der Waals surface area contributed by atoms with Crippen molar-refractivity contribution < 1.29 is 0 Å². The van der Waals surface area contributed by atoms with Crippen molar-refractivity contribution >= 4 is 23.8 Å².